The second kappa shape index (κ2) is 9.39. The van der Waals surface area contributed by atoms with Crippen molar-refractivity contribution in [2.45, 2.75) is 6.92 Å². The van der Waals surface area contributed by atoms with E-state index in [1.807, 2.05) is 0 Å². The molecule has 25 heavy (non-hydrogen) atoms. The molecule has 0 bridgehead atoms. The van der Waals surface area contributed by atoms with Gasteiger partial charge in [0, 0.05) is 25.4 Å². The smallest absolute Gasteiger partial charge is 0.340 e. The summed E-state index contributed by atoms with van der Waals surface area (Å²) in [7, 11) is 1.57. The Morgan fingerprint density at radius 1 is 1.20 bits per heavy atom. The summed E-state index contributed by atoms with van der Waals surface area (Å²) in [5.74, 6) is -0.184. The highest BCUT2D eigenvalue weighted by Gasteiger charge is 2.13. The molecule has 2 N–H and O–H groups in total. The van der Waals surface area contributed by atoms with E-state index in [9.17, 15) is 9.59 Å². The maximum atomic E-state index is 12.1. The molecule has 0 fully saturated rings. The predicted molar refractivity (Wildman–Crippen MR) is 94.1 cm³/mol. The Labute approximate surface area is 146 Å². The summed E-state index contributed by atoms with van der Waals surface area (Å²) in [6.45, 7) is 2.91. The standard InChI is InChI=1S/C18H21N3O4/c1-3-25-18(23)14-6-4-5-7-15(14)21-16-12-13(8-9-19-16)17(22)20-10-11-24-2/h4-9,12H,3,10-11H2,1-2H3,(H,19,21)(H,20,22). The number of rotatable bonds is 8. The Morgan fingerprint density at radius 2 is 2.00 bits per heavy atom. The molecule has 1 aromatic heterocycles. The number of hydrogen-bond acceptors (Lipinski definition) is 6. The summed E-state index contributed by atoms with van der Waals surface area (Å²) >= 11 is 0. The number of ether oxygens (including phenoxy) is 2. The predicted octanol–water partition coefficient (Wildman–Crippen LogP) is 2.38. The number of amides is 1. The molecule has 0 saturated heterocycles. The lowest BCUT2D eigenvalue weighted by Crippen LogP contribution is -2.27. The molecule has 7 nitrogen and oxygen atoms in total. The fraction of sp³-hybridized carbons (Fsp3) is 0.278. The maximum Gasteiger partial charge on any atom is 0.340 e. The van der Waals surface area contributed by atoms with E-state index in [0.29, 0.717) is 42.4 Å². The Hall–Kier alpha value is -2.93. The van der Waals surface area contributed by atoms with Gasteiger partial charge in [0.2, 0.25) is 0 Å². The first kappa shape index (κ1) is 18.4. The fourth-order valence-electron chi connectivity index (χ4n) is 2.13. The number of hydrogen-bond donors (Lipinski definition) is 2. The summed E-state index contributed by atoms with van der Waals surface area (Å²) in [4.78, 5) is 28.3. The lowest BCUT2D eigenvalue weighted by Gasteiger charge is -2.11. The number of carbonyl (C=O) groups excluding carboxylic acids is 2. The number of benzene rings is 1. The van der Waals surface area contributed by atoms with Crippen molar-refractivity contribution in [3.8, 4) is 0 Å². The average Bonchev–Trinajstić information content (AvgIpc) is 2.63. The molecule has 0 atom stereocenters. The van der Waals surface area contributed by atoms with Gasteiger partial charge in [0.1, 0.15) is 5.82 Å². The number of nitrogens with one attached hydrogen (secondary N) is 2. The fourth-order valence-corrected chi connectivity index (χ4v) is 2.13. The van der Waals surface area contributed by atoms with Crippen molar-refractivity contribution < 1.29 is 19.1 Å². The molecule has 0 spiro atoms. The number of anilines is 2. The van der Waals surface area contributed by atoms with Gasteiger partial charge in [-0.05, 0) is 31.2 Å². The molecule has 1 aromatic carbocycles. The quantitative estimate of drug-likeness (QED) is 0.565. The molecular formula is C18H21N3O4. The summed E-state index contributed by atoms with van der Waals surface area (Å²) < 4.78 is 9.95. The van der Waals surface area contributed by atoms with Crippen molar-refractivity contribution >= 4 is 23.4 Å². The molecule has 0 aliphatic carbocycles. The van der Waals surface area contributed by atoms with Gasteiger partial charge in [0.15, 0.2) is 0 Å². The van der Waals surface area contributed by atoms with Crippen molar-refractivity contribution in [1.29, 1.82) is 0 Å². The van der Waals surface area contributed by atoms with Crippen LogP contribution in [0.25, 0.3) is 0 Å². The molecule has 2 aromatic rings. The van der Waals surface area contributed by atoms with Crippen LogP contribution in [0.5, 0.6) is 0 Å². The van der Waals surface area contributed by atoms with E-state index in [2.05, 4.69) is 15.6 Å². The molecule has 132 valence electrons. The van der Waals surface area contributed by atoms with Gasteiger partial charge >= 0.3 is 5.97 Å². The Morgan fingerprint density at radius 3 is 2.76 bits per heavy atom. The van der Waals surface area contributed by atoms with E-state index >= 15 is 0 Å². The third kappa shape index (κ3) is 5.29. The van der Waals surface area contributed by atoms with Crippen LogP contribution in [-0.2, 0) is 9.47 Å². The minimum Gasteiger partial charge on any atom is -0.462 e. The van der Waals surface area contributed by atoms with E-state index in [0.717, 1.165) is 0 Å². The first-order valence-electron chi connectivity index (χ1n) is 7.92. The third-order valence-corrected chi connectivity index (χ3v) is 3.30. The van der Waals surface area contributed by atoms with Crippen molar-refractivity contribution in [1.82, 2.24) is 10.3 Å². The van der Waals surface area contributed by atoms with Crippen LogP contribution in [0.1, 0.15) is 27.6 Å². The minimum atomic E-state index is -0.418. The van der Waals surface area contributed by atoms with Crippen LogP contribution >= 0.6 is 0 Å². The van der Waals surface area contributed by atoms with E-state index in [1.54, 1.807) is 50.4 Å². The maximum absolute atomic E-state index is 12.1. The summed E-state index contributed by atoms with van der Waals surface area (Å²) in [6, 6.07) is 10.2. The molecular weight excluding hydrogens is 322 g/mol. The highest BCUT2D eigenvalue weighted by atomic mass is 16.5. The largest absolute Gasteiger partial charge is 0.462 e. The Balaban J connectivity index is 2.15. The first-order chi connectivity index (χ1) is 12.2. The van der Waals surface area contributed by atoms with Crippen molar-refractivity contribution in [3.63, 3.8) is 0 Å². The molecule has 0 aliphatic rings. The monoisotopic (exact) mass is 343 g/mol. The van der Waals surface area contributed by atoms with Crippen LogP contribution in [0.15, 0.2) is 42.6 Å². The van der Waals surface area contributed by atoms with Crippen molar-refractivity contribution in [2.24, 2.45) is 0 Å². The normalized spacial score (nSPS) is 10.2. The van der Waals surface area contributed by atoms with E-state index in [4.69, 9.17) is 9.47 Å². The molecule has 7 heteroatoms. The van der Waals surface area contributed by atoms with Gasteiger partial charge in [-0.2, -0.15) is 0 Å². The number of para-hydroxylation sites is 1. The number of carbonyl (C=O) groups is 2. The van der Waals surface area contributed by atoms with Gasteiger partial charge in [-0.25, -0.2) is 9.78 Å². The van der Waals surface area contributed by atoms with Gasteiger partial charge in [-0.3, -0.25) is 4.79 Å². The zero-order valence-corrected chi connectivity index (χ0v) is 14.2. The summed E-state index contributed by atoms with van der Waals surface area (Å²) in [6.07, 6.45) is 1.53. The van der Waals surface area contributed by atoms with Gasteiger partial charge in [-0.15, -0.1) is 0 Å². The molecule has 2 rings (SSSR count). The Bertz CT molecular complexity index is 734. The summed E-state index contributed by atoms with van der Waals surface area (Å²) in [5, 5.41) is 5.80. The lowest BCUT2D eigenvalue weighted by atomic mass is 10.1. The average molecular weight is 343 g/mol. The summed E-state index contributed by atoms with van der Waals surface area (Å²) in [5.41, 5.74) is 1.42. The van der Waals surface area contributed by atoms with E-state index in [1.165, 1.54) is 6.20 Å². The van der Waals surface area contributed by atoms with Crippen LogP contribution in [0, 0.1) is 0 Å². The van der Waals surface area contributed by atoms with Gasteiger partial charge in [0.25, 0.3) is 5.91 Å². The van der Waals surface area contributed by atoms with Crippen molar-refractivity contribution in [3.05, 3.63) is 53.7 Å². The van der Waals surface area contributed by atoms with Gasteiger partial charge in [-0.1, -0.05) is 12.1 Å². The molecule has 1 heterocycles. The van der Waals surface area contributed by atoms with E-state index < -0.39 is 5.97 Å². The van der Waals surface area contributed by atoms with Crippen LogP contribution in [0.3, 0.4) is 0 Å². The van der Waals surface area contributed by atoms with Crippen LogP contribution in [0.4, 0.5) is 11.5 Å². The highest BCUT2D eigenvalue weighted by molar-refractivity contribution is 5.97. The van der Waals surface area contributed by atoms with Crippen LogP contribution in [-0.4, -0.2) is 43.7 Å². The topological polar surface area (TPSA) is 89.5 Å². The molecule has 1 amide bonds. The second-order valence-corrected chi connectivity index (χ2v) is 5.07. The first-order valence-corrected chi connectivity index (χ1v) is 7.92. The molecule has 0 saturated carbocycles. The molecule has 0 unspecified atom stereocenters. The minimum absolute atomic E-state index is 0.221. The van der Waals surface area contributed by atoms with Gasteiger partial charge in [0.05, 0.1) is 24.5 Å². The Kier molecular flexibility index (Phi) is 6.91. The number of aromatic nitrogens is 1. The number of pyridine rings is 1. The van der Waals surface area contributed by atoms with Crippen LogP contribution in [0.2, 0.25) is 0 Å². The van der Waals surface area contributed by atoms with Crippen molar-refractivity contribution in [2.75, 3.05) is 32.2 Å². The van der Waals surface area contributed by atoms with E-state index in [-0.39, 0.29) is 5.91 Å². The zero-order chi connectivity index (χ0) is 18.1. The number of esters is 1. The zero-order valence-electron chi connectivity index (χ0n) is 14.2. The number of nitrogens with zero attached hydrogens (tertiary/aromatic N) is 1. The third-order valence-electron chi connectivity index (χ3n) is 3.30. The SMILES string of the molecule is CCOC(=O)c1ccccc1Nc1cc(C(=O)NCCOC)ccn1. The second-order valence-electron chi connectivity index (χ2n) is 5.07. The highest BCUT2D eigenvalue weighted by Crippen LogP contribution is 2.21. The number of methoxy groups -OCH3 is 1. The molecule has 0 radical (unpaired) electrons. The van der Waals surface area contributed by atoms with Crippen LogP contribution < -0.4 is 10.6 Å². The lowest BCUT2D eigenvalue weighted by molar-refractivity contribution is 0.0527. The molecule has 0 aliphatic heterocycles. The van der Waals surface area contributed by atoms with Gasteiger partial charge < -0.3 is 20.1 Å².